The molecule has 2 N–H and O–H groups in total. The number of ketones is 1. The average molecular weight is 377 g/mol. The summed E-state index contributed by atoms with van der Waals surface area (Å²) in [4.78, 5) is 24.3. The van der Waals surface area contributed by atoms with Crippen LogP contribution in [0.5, 0.6) is 5.75 Å². The van der Waals surface area contributed by atoms with Crippen molar-refractivity contribution in [3.8, 4) is 5.75 Å². The van der Waals surface area contributed by atoms with Crippen LogP contribution in [0.3, 0.4) is 0 Å². The molecule has 0 fully saturated rings. The molecule has 0 atom stereocenters. The molecule has 2 aromatic rings. The largest absolute Gasteiger partial charge is 0.497 e. The highest BCUT2D eigenvalue weighted by Crippen LogP contribution is 2.16. The first kappa shape index (κ1) is 21.7. The molecule has 140 valence electrons. The second-order valence-electron chi connectivity index (χ2n) is 5.64. The van der Waals surface area contributed by atoms with Crippen molar-refractivity contribution < 1.29 is 14.3 Å². The number of amides is 1. The van der Waals surface area contributed by atoms with Gasteiger partial charge in [-0.25, -0.2) is 0 Å². The van der Waals surface area contributed by atoms with E-state index in [1.54, 1.807) is 31.4 Å². The lowest BCUT2D eigenvalue weighted by atomic mass is 10.1. The van der Waals surface area contributed by atoms with Gasteiger partial charge in [-0.05, 0) is 42.4 Å². The molecular formula is C20H25ClN2O3. The number of para-hydroxylation sites is 1. The number of benzene rings is 2. The molecule has 6 heteroatoms. The zero-order chi connectivity index (χ0) is 18.1. The maximum Gasteiger partial charge on any atom is 0.224 e. The summed E-state index contributed by atoms with van der Waals surface area (Å²) >= 11 is 0. The zero-order valence-electron chi connectivity index (χ0n) is 15.1. The summed E-state index contributed by atoms with van der Waals surface area (Å²) in [6.45, 7) is 3.59. The minimum absolute atomic E-state index is 0. The normalized spacial score (nSPS) is 9.92. The number of nitrogens with one attached hydrogen (secondary N) is 2. The number of anilines is 1. The van der Waals surface area contributed by atoms with E-state index in [0.29, 0.717) is 17.9 Å². The molecule has 0 saturated heterocycles. The standard InChI is InChI=1S/C20H24N2O3.ClH/c1-3-21-14-16-6-4-5-7-18(16)22-20(24)13-12-19(23)15-8-10-17(25-2)11-9-15;/h4-11,21H,3,12-14H2,1-2H3,(H,22,24);1H. The van der Waals surface area contributed by atoms with Gasteiger partial charge >= 0.3 is 0 Å². The number of rotatable bonds is 9. The van der Waals surface area contributed by atoms with E-state index >= 15 is 0 Å². The third-order valence-corrected chi connectivity index (χ3v) is 3.85. The summed E-state index contributed by atoms with van der Waals surface area (Å²) in [6.07, 6.45) is 0.327. The topological polar surface area (TPSA) is 67.4 Å². The number of methoxy groups -OCH3 is 1. The smallest absolute Gasteiger partial charge is 0.224 e. The van der Waals surface area contributed by atoms with Crippen molar-refractivity contribution in [3.05, 3.63) is 59.7 Å². The molecule has 26 heavy (non-hydrogen) atoms. The molecule has 0 aliphatic heterocycles. The van der Waals surface area contributed by atoms with Crippen LogP contribution >= 0.6 is 12.4 Å². The third-order valence-electron chi connectivity index (χ3n) is 3.85. The number of Topliss-reactive ketones (excluding diaryl/α,β-unsaturated/α-hetero) is 1. The van der Waals surface area contributed by atoms with Gasteiger partial charge in [0.2, 0.25) is 5.91 Å². The van der Waals surface area contributed by atoms with Crippen LogP contribution in [0.1, 0.15) is 35.7 Å². The summed E-state index contributed by atoms with van der Waals surface area (Å²) in [5, 5.41) is 6.14. The van der Waals surface area contributed by atoms with Crippen molar-refractivity contribution in [2.24, 2.45) is 0 Å². The SMILES string of the molecule is CCNCc1ccccc1NC(=O)CCC(=O)c1ccc(OC)cc1.Cl. The first-order valence-corrected chi connectivity index (χ1v) is 8.39. The number of carbonyl (C=O) groups is 2. The summed E-state index contributed by atoms with van der Waals surface area (Å²) in [7, 11) is 1.58. The number of hydrogen-bond acceptors (Lipinski definition) is 4. The summed E-state index contributed by atoms with van der Waals surface area (Å²) < 4.78 is 5.07. The van der Waals surface area contributed by atoms with Crippen molar-refractivity contribution in [3.63, 3.8) is 0 Å². The van der Waals surface area contributed by atoms with E-state index in [-0.39, 0.29) is 36.9 Å². The molecule has 0 aromatic heterocycles. The summed E-state index contributed by atoms with van der Waals surface area (Å²) in [5.41, 5.74) is 2.39. The Morgan fingerprint density at radius 1 is 1.00 bits per heavy atom. The van der Waals surface area contributed by atoms with Crippen molar-refractivity contribution >= 4 is 29.8 Å². The van der Waals surface area contributed by atoms with E-state index < -0.39 is 0 Å². The van der Waals surface area contributed by atoms with Crippen molar-refractivity contribution in [2.45, 2.75) is 26.3 Å². The molecule has 0 bridgehead atoms. The highest BCUT2D eigenvalue weighted by atomic mass is 35.5. The Balaban J connectivity index is 0.00000338. The Morgan fingerprint density at radius 2 is 1.69 bits per heavy atom. The third kappa shape index (κ3) is 6.50. The van der Waals surface area contributed by atoms with E-state index in [4.69, 9.17) is 4.74 Å². The Labute approximate surface area is 160 Å². The Hall–Kier alpha value is -2.37. The average Bonchev–Trinajstić information content (AvgIpc) is 2.65. The van der Waals surface area contributed by atoms with Gasteiger partial charge in [-0.1, -0.05) is 25.1 Å². The molecule has 1 amide bonds. The molecule has 0 radical (unpaired) electrons. The quantitative estimate of drug-likeness (QED) is 0.653. The van der Waals surface area contributed by atoms with Crippen LogP contribution in [0.15, 0.2) is 48.5 Å². The molecule has 0 spiro atoms. The lowest BCUT2D eigenvalue weighted by Gasteiger charge is -2.11. The molecule has 5 nitrogen and oxygen atoms in total. The molecule has 0 saturated carbocycles. The van der Waals surface area contributed by atoms with Gasteiger partial charge in [0, 0.05) is 30.6 Å². The van der Waals surface area contributed by atoms with Gasteiger partial charge in [0.1, 0.15) is 5.75 Å². The molecular weight excluding hydrogens is 352 g/mol. The molecule has 0 aliphatic rings. The number of halogens is 1. The maximum absolute atomic E-state index is 12.2. The Bertz CT molecular complexity index is 717. The predicted molar refractivity (Wildman–Crippen MR) is 106 cm³/mol. The lowest BCUT2D eigenvalue weighted by Crippen LogP contribution is -2.17. The second-order valence-corrected chi connectivity index (χ2v) is 5.64. The van der Waals surface area contributed by atoms with Crippen LogP contribution in [-0.4, -0.2) is 25.3 Å². The van der Waals surface area contributed by atoms with Gasteiger partial charge in [-0.2, -0.15) is 0 Å². The molecule has 2 rings (SSSR count). The molecule has 0 heterocycles. The Morgan fingerprint density at radius 3 is 2.35 bits per heavy atom. The van der Waals surface area contributed by atoms with Crippen molar-refractivity contribution in [1.82, 2.24) is 5.32 Å². The van der Waals surface area contributed by atoms with Crippen LogP contribution in [0.25, 0.3) is 0 Å². The first-order chi connectivity index (χ1) is 12.1. The molecule has 2 aromatic carbocycles. The summed E-state index contributed by atoms with van der Waals surface area (Å²) in [6, 6.07) is 14.6. The number of hydrogen-bond donors (Lipinski definition) is 2. The van der Waals surface area contributed by atoms with Gasteiger partial charge < -0.3 is 15.4 Å². The van der Waals surface area contributed by atoms with Crippen LogP contribution in [-0.2, 0) is 11.3 Å². The number of carbonyl (C=O) groups excluding carboxylic acids is 2. The Kier molecular flexibility index (Phi) is 9.41. The van der Waals surface area contributed by atoms with E-state index in [2.05, 4.69) is 10.6 Å². The lowest BCUT2D eigenvalue weighted by molar-refractivity contribution is -0.116. The number of ether oxygens (including phenoxy) is 1. The fourth-order valence-electron chi connectivity index (χ4n) is 2.42. The predicted octanol–water partition coefficient (Wildman–Crippen LogP) is 3.83. The van der Waals surface area contributed by atoms with Crippen LogP contribution in [0.2, 0.25) is 0 Å². The molecule has 0 unspecified atom stereocenters. The highest BCUT2D eigenvalue weighted by molar-refractivity contribution is 6.00. The van der Waals surface area contributed by atoms with Crippen LogP contribution in [0, 0.1) is 0 Å². The van der Waals surface area contributed by atoms with Crippen LogP contribution in [0.4, 0.5) is 5.69 Å². The van der Waals surface area contributed by atoms with E-state index in [9.17, 15) is 9.59 Å². The van der Waals surface area contributed by atoms with Gasteiger partial charge in [0.15, 0.2) is 5.78 Å². The van der Waals surface area contributed by atoms with Crippen LogP contribution < -0.4 is 15.4 Å². The first-order valence-electron chi connectivity index (χ1n) is 8.39. The fourth-order valence-corrected chi connectivity index (χ4v) is 2.42. The zero-order valence-corrected chi connectivity index (χ0v) is 15.9. The summed E-state index contributed by atoms with van der Waals surface area (Å²) in [5.74, 6) is 0.483. The van der Waals surface area contributed by atoms with Gasteiger partial charge in [-0.3, -0.25) is 9.59 Å². The molecule has 0 aliphatic carbocycles. The van der Waals surface area contributed by atoms with E-state index in [1.807, 2.05) is 31.2 Å². The second kappa shape index (κ2) is 11.3. The van der Waals surface area contributed by atoms with Gasteiger partial charge in [-0.15, -0.1) is 12.4 Å². The van der Waals surface area contributed by atoms with Gasteiger partial charge in [0.25, 0.3) is 0 Å². The minimum Gasteiger partial charge on any atom is -0.497 e. The van der Waals surface area contributed by atoms with Gasteiger partial charge in [0.05, 0.1) is 7.11 Å². The minimum atomic E-state index is -0.161. The fraction of sp³-hybridized carbons (Fsp3) is 0.300. The van der Waals surface area contributed by atoms with Crippen molar-refractivity contribution in [1.29, 1.82) is 0 Å². The monoisotopic (exact) mass is 376 g/mol. The van der Waals surface area contributed by atoms with E-state index in [1.165, 1.54) is 0 Å². The van der Waals surface area contributed by atoms with Crippen molar-refractivity contribution in [2.75, 3.05) is 19.0 Å². The maximum atomic E-state index is 12.2. The highest BCUT2D eigenvalue weighted by Gasteiger charge is 2.11. The van der Waals surface area contributed by atoms with E-state index in [0.717, 1.165) is 17.8 Å².